The highest BCUT2D eigenvalue weighted by molar-refractivity contribution is 9.10. The van der Waals surface area contributed by atoms with Crippen molar-refractivity contribution in [2.45, 2.75) is 19.9 Å². The predicted molar refractivity (Wildman–Crippen MR) is 78.3 cm³/mol. The molecule has 1 aromatic carbocycles. The van der Waals surface area contributed by atoms with Crippen molar-refractivity contribution in [1.29, 1.82) is 0 Å². The molecular weight excluding hydrogens is 314 g/mol. The molecule has 1 heterocycles. The van der Waals surface area contributed by atoms with Gasteiger partial charge in [0.15, 0.2) is 0 Å². The van der Waals surface area contributed by atoms with Crippen molar-refractivity contribution >= 4 is 27.5 Å². The first kappa shape index (κ1) is 13.6. The van der Waals surface area contributed by atoms with Crippen molar-refractivity contribution in [2.24, 2.45) is 0 Å². The van der Waals surface area contributed by atoms with Gasteiger partial charge in [0.05, 0.1) is 21.4 Å². The van der Waals surface area contributed by atoms with Crippen LogP contribution >= 0.6 is 27.5 Å². The average molecular weight is 329 g/mol. The molecule has 1 aromatic heterocycles. The van der Waals surface area contributed by atoms with E-state index >= 15 is 0 Å². The van der Waals surface area contributed by atoms with Crippen molar-refractivity contribution in [3.63, 3.8) is 0 Å². The molecule has 0 unspecified atom stereocenters. The van der Waals surface area contributed by atoms with E-state index in [1.165, 1.54) is 5.56 Å². The summed E-state index contributed by atoms with van der Waals surface area (Å²) in [4.78, 5) is 0. The molecule has 0 amide bonds. The van der Waals surface area contributed by atoms with Crippen LogP contribution in [0.1, 0.15) is 18.9 Å². The van der Waals surface area contributed by atoms with Crippen LogP contribution in [-0.4, -0.2) is 16.3 Å². The molecule has 0 saturated carbocycles. The highest BCUT2D eigenvalue weighted by atomic mass is 79.9. The minimum absolute atomic E-state index is 0.710. The summed E-state index contributed by atoms with van der Waals surface area (Å²) in [6.45, 7) is 4.01. The Kier molecular flexibility index (Phi) is 4.80. The number of aromatic nitrogens is 2. The highest BCUT2D eigenvalue weighted by Crippen LogP contribution is 2.22. The van der Waals surface area contributed by atoms with Crippen molar-refractivity contribution in [1.82, 2.24) is 15.1 Å². The lowest BCUT2D eigenvalue weighted by molar-refractivity contribution is 0.675. The van der Waals surface area contributed by atoms with Gasteiger partial charge in [-0.15, -0.1) is 0 Å². The second-order valence-corrected chi connectivity index (χ2v) is 5.39. The van der Waals surface area contributed by atoms with E-state index in [1.807, 2.05) is 18.3 Å². The van der Waals surface area contributed by atoms with Gasteiger partial charge >= 0.3 is 0 Å². The number of hydrogen-bond donors (Lipinski definition) is 1. The summed E-state index contributed by atoms with van der Waals surface area (Å²) < 4.78 is 2.70. The maximum Gasteiger partial charge on any atom is 0.0832 e. The molecule has 0 aliphatic rings. The van der Waals surface area contributed by atoms with Crippen LogP contribution in [0, 0.1) is 0 Å². The van der Waals surface area contributed by atoms with E-state index in [4.69, 9.17) is 11.6 Å². The third kappa shape index (κ3) is 3.34. The standard InChI is InChI=1S/C13H15BrClN3/c1-2-5-16-7-10-3-4-13(12(15)6-10)18-9-11(14)8-17-18/h3-4,6,8-9,16H,2,5,7H2,1H3. The SMILES string of the molecule is CCCNCc1ccc(-n2cc(Br)cn2)c(Cl)c1. The Morgan fingerprint density at radius 2 is 2.28 bits per heavy atom. The summed E-state index contributed by atoms with van der Waals surface area (Å²) in [5.41, 5.74) is 2.07. The molecule has 0 radical (unpaired) electrons. The smallest absolute Gasteiger partial charge is 0.0832 e. The van der Waals surface area contributed by atoms with Crippen molar-refractivity contribution in [3.8, 4) is 5.69 Å². The molecule has 2 rings (SSSR count). The third-order valence-corrected chi connectivity index (χ3v) is 3.28. The average Bonchev–Trinajstić information content (AvgIpc) is 2.76. The first-order valence-corrected chi connectivity index (χ1v) is 7.07. The second-order valence-electron chi connectivity index (χ2n) is 4.07. The second kappa shape index (κ2) is 6.36. The van der Waals surface area contributed by atoms with Crippen LogP contribution in [0.3, 0.4) is 0 Å². The normalized spacial score (nSPS) is 10.8. The van der Waals surface area contributed by atoms with E-state index in [0.717, 1.165) is 29.7 Å². The molecule has 0 aliphatic carbocycles. The largest absolute Gasteiger partial charge is 0.313 e. The Morgan fingerprint density at radius 3 is 2.89 bits per heavy atom. The summed E-state index contributed by atoms with van der Waals surface area (Å²) in [6.07, 6.45) is 4.76. The molecule has 3 nitrogen and oxygen atoms in total. The minimum atomic E-state index is 0.710. The van der Waals surface area contributed by atoms with Gasteiger partial charge in [-0.1, -0.05) is 24.6 Å². The Bertz CT molecular complexity index is 525. The van der Waals surface area contributed by atoms with Gasteiger partial charge in [-0.3, -0.25) is 0 Å². The third-order valence-electron chi connectivity index (χ3n) is 2.57. The lowest BCUT2D eigenvalue weighted by Gasteiger charge is -2.08. The van der Waals surface area contributed by atoms with Crippen LogP contribution in [0.5, 0.6) is 0 Å². The monoisotopic (exact) mass is 327 g/mol. The van der Waals surface area contributed by atoms with E-state index in [0.29, 0.717) is 5.02 Å². The minimum Gasteiger partial charge on any atom is -0.313 e. The van der Waals surface area contributed by atoms with E-state index in [2.05, 4.69) is 39.3 Å². The summed E-state index contributed by atoms with van der Waals surface area (Å²) >= 11 is 9.66. The molecule has 0 aliphatic heterocycles. The molecule has 5 heteroatoms. The molecule has 1 N–H and O–H groups in total. The van der Waals surface area contributed by atoms with Crippen LogP contribution in [-0.2, 0) is 6.54 Å². The van der Waals surface area contributed by atoms with E-state index < -0.39 is 0 Å². The molecule has 96 valence electrons. The van der Waals surface area contributed by atoms with E-state index in [-0.39, 0.29) is 0 Å². The maximum atomic E-state index is 6.28. The molecular formula is C13H15BrClN3. The van der Waals surface area contributed by atoms with Gasteiger partial charge < -0.3 is 5.32 Å². The van der Waals surface area contributed by atoms with Crippen molar-refractivity contribution in [3.05, 3.63) is 45.7 Å². The Balaban J connectivity index is 2.15. The summed E-state index contributed by atoms with van der Waals surface area (Å²) in [6, 6.07) is 6.04. The topological polar surface area (TPSA) is 29.9 Å². The zero-order valence-corrected chi connectivity index (χ0v) is 12.5. The first-order chi connectivity index (χ1) is 8.70. The van der Waals surface area contributed by atoms with Gasteiger partial charge in [-0.2, -0.15) is 5.10 Å². The van der Waals surface area contributed by atoms with Gasteiger partial charge in [-0.25, -0.2) is 4.68 Å². The fourth-order valence-electron chi connectivity index (χ4n) is 1.69. The molecule has 0 atom stereocenters. The zero-order valence-electron chi connectivity index (χ0n) is 10.2. The van der Waals surface area contributed by atoms with Gasteiger partial charge in [0, 0.05) is 12.7 Å². The molecule has 0 saturated heterocycles. The van der Waals surface area contributed by atoms with E-state index in [1.54, 1.807) is 10.9 Å². The van der Waals surface area contributed by atoms with Gasteiger partial charge in [0.2, 0.25) is 0 Å². The lowest BCUT2D eigenvalue weighted by Crippen LogP contribution is -2.13. The Hall–Kier alpha value is -0.840. The molecule has 2 aromatic rings. The van der Waals surface area contributed by atoms with Gasteiger partial charge in [0.1, 0.15) is 0 Å². The summed E-state index contributed by atoms with van der Waals surface area (Å²) in [7, 11) is 0. The summed E-state index contributed by atoms with van der Waals surface area (Å²) in [5, 5.41) is 8.28. The maximum absolute atomic E-state index is 6.28. The number of nitrogens with one attached hydrogen (secondary N) is 1. The van der Waals surface area contributed by atoms with Crippen LogP contribution in [0.15, 0.2) is 35.1 Å². The fraction of sp³-hybridized carbons (Fsp3) is 0.308. The molecule has 0 spiro atoms. The zero-order chi connectivity index (χ0) is 13.0. The van der Waals surface area contributed by atoms with Crippen LogP contribution in [0.2, 0.25) is 5.02 Å². The highest BCUT2D eigenvalue weighted by Gasteiger charge is 2.05. The van der Waals surface area contributed by atoms with Gasteiger partial charge in [0.25, 0.3) is 0 Å². The molecule has 0 bridgehead atoms. The number of halogens is 2. The number of rotatable bonds is 5. The number of benzene rings is 1. The fourth-order valence-corrected chi connectivity index (χ4v) is 2.26. The Morgan fingerprint density at radius 1 is 1.44 bits per heavy atom. The Labute approximate surface area is 120 Å². The van der Waals surface area contributed by atoms with E-state index in [9.17, 15) is 0 Å². The van der Waals surface area contributed by atoms with Crippen molar-refractivity contribution < 1.29 is 0 Å². The van der Waals surface area contributed by atoms with Crippen LogP contribution in [0.25, 0.3) is 5.69 Å². The first-order valence-electron chi connectivity index (χ1n) is 5.90. The van der Waals surface area contributed by atoms with Gasteiger partial charge in [-0.05, 0) is 46.6 Å². The predicted octanol–water partition coefficient (Wildman–Crippen LogP) is 3.79. The lowest BCUT2D eigenvalue weighted by atomic mass is 10.2. The van der Waals surface area contributed by atoms with Crippen LogP contribution < -0.4 is 5.32 Å². The molecule has 18 heavy (non-hydrogen) atoms. The number of nitrogens with zero attached hydrogens (tertiary/aromatic N) is 2. The van der Waals surface area contributed by atoms with Crippen LogP contribution in [0.4, 0.5) is 0 Å². The summed E-state index contributed by atoms with van der Waals surface area (Å²) in [5.74, 6) is 0. The quantitative estimate of drug-likeness (QED) is 0.846. The molecule has 0 fully saturated rings. The number of hydrogen-bond acceptors (Lipinski definition) is 2. The van der Waals surface area contributed by atoms with Crippen molar-refractivity contribution in [2.75, 3.05) is 6.54 Å².